The number of rotatable bonds is 2. The van der Waals surface area contributed by atoms with Gasteiger partial charge in [-0.1, -0.05) is 20.3 Å². The highest BCUT2D eigenvalue weighted by molar-refractivity contribution is 5.75. The molecule has 0 bridgehead atoms. The second kappa shape index (κ2) is 6.05. The highest BCUT2D eigenvalue weighted by Gasteiger charge is 2.37. The maximum atomic E-state index is 11.9. The van der Waals surface area contributed by atoms with Crippen LogP contribution < -0.4 is 0 Å². The normalized spacial score (nSPS) is 38.4. The van der Waals surface area contributed by atoms with Crippen molar-refractivity contribution in [2.75, 3.05) is 13.7 Å². The molecule has 1 aliphatic carbocycles. The van der Waals surface area contributed by atoms with E-state index in [4.69, 9.17) is 4.74 Å². The minimum atomic E-state index is -0.0272. The quantitative estimate of drug-likeness (QED) is 0.709. The van der Waals surface area contributed by atoms with E-state index in [1.54, 1.807) is 0 Å². The van der Waals surface area contributed by atoms with Gasteiger partial charge in [0, 0.05) is 6.04 Å². The van der Waals surface area contributed by atoms with Gasteiger partial charge in [0.2, 0.25) is 0 Å². The Kier molecular flexibility index (Phi) is 4.66. The third-order valence-electron chi connectivity index (χ3n) is 4.64. The molecule has 0 N–H and O–H groups in total. The van der Waals surface area contributed by atoms with Gasteiger partial charge in [-0.05, 0) is 50.5 Å². The Morgan fingerprint density at radius 2 is 1.78 bits per heavy atom. The summed E-state index contributed by atoms with van der Waals surface area (Å²) in [5.41, 5.74) is 0. The predicted molar refractivity (Wildman–Crippen MR) is 72.3 cm³/mol. The molecule has 0 radical (unpaired) electrons. The van der Waals surface area contributed by atoms with Crippen LogP contribution in [0.15, 0.2) is 0 Å². The summed E-state index contributed by atoms with van der Waals surface area (Å²) in [6.07, 6.45) is 7.20. The fourth-order valence-electron chi connectivity index (χ4n) is 3.96. The molecule has 18 heavy (non-hydrogen) atoms. The van der Waals surface area contributed by atoms with Crippen molar-refractivity contribution in [3.05, 3.63) is 0 Å². The first-order chi connectivity index (χ1) is 8.61. The van der Waals surface area contributed by atoms with E-state index in [1.165, 1.54) is 32.8 Å². The molecule has 0 aromatic rings. The summed E-state index contributed by atoms with van der Waals surface area (Å²) in [6, 6.07) is 0.611. The van der Waals surface area contributed by atoms with Crippen LogP contribution in [0.3, 0.4) is 0 Å². The lowest BCUT2D eigenvalue weighted by Crippen LogP contribution is -2.52. The number of carbonyl (C=O) groups is 1. The lowest BCUT2D eigenvalue weighted by Gasteiger charge is -2.44. The SMILES string of the molecule is COC(=O)C1CCCCN1C1CC(C)CC(C)C1. The van der Waals surface area contributed by atoms with Crippen molar-refractivity contribution in [1.29, 1.82) is 0 Å². The average molecular weight is 253 g/mol. The topological polar surface area (TPSA) is 29.5 Å². The molecule has 0 aromatic heterocycles. The molecule has 1 saturated heterocycles. The minimum absolute atomic E-state index is 0.0197. The van der Waals surface area contributed by atoms with Crippen LogP contribution in [0.25, 0.3) is 0 Å². The monoisotopic (exact) mass is 253 g/mol. The van der Waals surface area contributed by atoms with Gasteiger partial charge in [0.15, 0.2) is 0 Å². The van der Waals surface area contributed by atoms with Gasteiger partial charge < -0.3 is 4.74 Å². The Bertz CT molecular complexity index is 282. The zero-order valence-electron chi connectivity index (χ0n) is 12.0. The van der Waals surface area contributed by atoms with E-state index in [1.807, 2.05) is 0 Å². The van der Waals surface area contributed by atoms with Crippen LogP contribution in [-0.4, -0.2) is 36.6 Å². The zero-order chi connectivity index (χ0) is 13.1. The number of esters is 1. The van der Waals surface area contributed by atoms with Gasteiger partial charge in [-0.25, -0.2) is 0 Å². The van der Waals surface area contributed by atoms with Crippen LogP contribution in [0.4, 0.5) is 0 Å². The van der Waals surface area contributed by atoms with Crippen LogP contribution in [0.1, 0.15) is 52.4 Å². The Hall–Kier alpha value is -0.570. The van der Waals surface area contributed by atoms with Crippen LogP contribution in [0.2, 0.25) is 0 Å². The maximum Gasteiger partial charge on any atom is 0.323 e. The van der Waals surface area contributed by atoms with Crippen molar-refractivity contribution < 1.29 is 9.53 Å². The smallest absolute Gasteiger partial charge is 0.323 e. The van der Waals surface area contributed by atoms with Gasteiger partial charge in [-0.3, -0.25) is 9.69 Å². The number of hydrogen-bond donors (Lipinski definition) is 0. The Morgan fingerprint density at radius 3 is 2.39 bits per heavy atom. The molecule has 3 unspecified atom stereocenters. The number of likely N-dealkylation sites (tertiary alicyclic amines) is 1. The minimum Gasteiger partial charge on any atom is -0.468 e. The van der Waals surface area contributed by atoms with Gasteiger partial charge in [-0.2, -0.15) is 0 Å². The lowest BCUT2D eigenvalue weighted by atomic mass is 9.78. The van der Waals surface area contributed by atoms with Crippen LogP contribution >= 0.6 is 0 Å². The summed E-state index contributed by atoms with van der Waals surface area (Å²) in [4.78, 5) is 14.4. The van der Waals surface area contributed by atoms with Crippen molar-refractivity contribution in [2.45, 2.75) is 64.5 Å². The van der Waals surface area contributed by atoms with Crippen molar-refractivity contribution in [2.24, 2.45) is 11.8 Å². The van der Waals surface area contributed by atoms with E-state index in [0.29, 0.717) is 6.04 Å². The number of hydrogen-bond acceptors (Lipinski definition) is 3. The molecule has 0 amide bonds. The van der Waals surface area contributed by atoms with Crippen LogP contribution in [-0.2, 0) is 9.53 Å². The van der Waals surface area contributed by atoms with Crippen molar-refractivity contribution in [3.8, 4) is 0 Å². The van der Waals surface area contributed by atoms with Gasteiger partial charge in [-0.15, -0.1) is 0 Å². The first kappa shape index (κ1) is 13.9. The predicted octanol–water partition coefficient (Wildman–Crippen LogP) is 2.84. The van der Waals surface area contributed by atoms with E-state index in [9.17, 15) is 4.79 Å². The first-order valence-electron chi connectivity index (χ1n) is 7.45. The number of nitrogens with zero attached hydrogens (tertiary/aromatic N) is 1. The van der Waals surface area contributed by atoms with Crippen molar-refractivity contribution in [3.63, 3.8) is 0 Å². The number of ether oxygens (including phenoxy) is 1. The maximum absolute atomic E-state index is 11.9. The molecule has 3 heteroatoms. The molecule has 1 heterocycles. The van der Waals surface area contributed by atoms with Crippen LogP contribution in [0, 0.1) is 11.8 Å². The molecule has 2 aliphatic rings. The lowest BCUT2D eigenvalue weighted by molar-refractivity contribution is -0.150. The van der Waals surface area contributed by atoms with Crippen LogP contribution in [0.5, 0.6) is 0 Å². The van der Waals surface area contributed by atoms with Gasteiger partial charge in [0.25, 0.3) is 0 Å². The molecule has 0 aromatic carbocycles. The van der Waals surface area contributed by atoms with Gasteiger partial charge in [0.05, 0.1) is 7.11 Å². The highest BCUT2D eigenvalue weighted by atomic mass is 16.5. The molecule has 104 valence electrons. The van der Waals surface area contributed by atoms with Crippen molar-refractivity contribution in [1.82, 2.24) is 4.90 Å². The third kappa shape index (κ3) is 3.05. The Labute approximate surface area is 111 Å². The molecular weight excluding hydrogens is 226 g/mol. The summed E-state index contributed by atoms with van der Waals surface area (Å²) in [7, 11) is 1.52. The summed E-state index contributed by atoms with van der Waals surface area (Å²) in [5, 5.41) is 0. The second-order valence-electron chi connectivity index (χ2n) is 6.34. The van der Waals surface area contributed by atoms with Crippen molar-refractivity contribution >= 4 is 5.97 Å². The van der Waals surface area contributed by atoms with Gasteiger partial charge >= 0.3 is 5.97 Å². The number of carbonyl (C=O) groups excluding carboxylic acids is 1. The fraction of sp³-hybridized carbons (Fsp3) is 0.933. The molecule has 2 fully saturated rings. The van der Waals surface area contributed by atoms with E-state index >= 15 is 0 Å². The van der Waals surface area contributed by atoms with E-state index < -0.39 is 0 Å². The summed E-state index contributed by atoms with van der Waals surface area (Å²) in [6.45, 7) is 5.77. The molecule has 2 rings (SSSR count). The molecule has 1 saturated carbocycles. The molecule has 0 spiro atoms. The number of piperidine rings is 1. The second-order valence-corrected chi connectivity index (χ2v) is 6.34. The standard InChI is InChI=1S/C15H27NO2/c1-11-8-12(2)10-13(9-11)16-7-5-4-6-14(16)15(17)18-3/h11-14H,4-10H2,1-3H3. The molecule has 3 atom stereocenters. The first-order valence-corrected chi connectivity index (χ1v) is 7.45. The highest BCUT2D eigenvalue weighted by Crippen LogP contribution is 2.34. The Morgan fingerprint density at radius 1 is 1.11 bits per heavy atom. The third-order valence-corrected chi connectivity index (χ3v) is 4.64. The molecular formula is C15H27NO2. The van der Waals surface area contributed by atoms with E-state index in [2.05, 4.69) is 18.7 Å². The Balaban J connectivity index is 2.05. The molecule has 3 nitrogen and oxygen atoms in total. The number of methoxy groups -OCH3 is 1. The summed E-state index contributed by atoms with van der Waals surface area (Å²) >= 11 is 0. The fourth-order valence-corrected chi connectivity index (χ4v) is 3.96. The van der Waals surface area contributed by atoms with E-state index in [0.717, 1.165) is 31.2 Å². The average Bonchev–Trinajstić information content (AvgIpc) is 2.36. The largest absolute Gasteiger partial charge is 0.468 e. The van der Waals surface area contributed by atoms with E-state index in [-0.39, 0.29) is 12.0 Å². The zero-order valence-corrected chi connectivity index (χ0v) is 12.0. The summed E-state index contributed by atoms with van der Waals surface area (Å²) in [5.74, 6) is 1.55. The molecule has 1 aliphatic heterocycles. The van der Waals surface area contributed by atoms with Gasteiger partial charge in [0.1, 0.15) is 6.04 Å². The summed E-state index contributed by atoms with van der Waals surface area (Å²) < 4.78 is 4.98.